The third kappa shape index (κ3) is 5.51. The van der Waals surface area contributed by atoms with E-state index in [1.54, 1.807) is 60.7 Å². The van der Waals surface area contributed by atoms with E-state index in [1.807, 2.05) is 6.07 Å². The normalized spacial score (nSPS) is 11.3. The van der Waals surface area contributed by atoms with Crippen LogP contribution in [0.2, 0.25) is 0 Å². The Balaban J connectivity index is 1.63. The molecule has 0 saturated heterocycles. The fourth-order valence-electron chi connectivity index (χ4n) is 2.95. The van der Waals surface area contributed by atoms with Gasteiger partial charge in [-0.25, -0.2) is 4.79 Å². The summed E-state index contributed by atoms with van der Waals surface area (Å²) in [5.41, 5.74) is 2.18. The summed E-state index contributed by atoms with van der Waals surface area (Å²) in [6.45, 7) is 2.89. The van der Waals surface area contributed by atoms with E-state index in [2.05, 4.69) is 5.32 Å². The number of amides is 1. The second-order valence-corrected chi connectivity index (χ2v) is 6.94. The summed E-state index contributed by atoms with van der Waals surface area (Å²) in [6.07, 6.45) is -0.996. The molecule has 0 aliphatic heterocycles. The van der Waals surface area contributed by atoms with Gasteiger partial charge in [0.1, 0.15) is 0 Å². The highest BCUT2D eigenvalue weighted by molar-refractivity contribution is 6.09. The van der Waals surface area contributed by atoms with Crippen LogP contribution in [0.25, 0.3) is 0 Å². The number of nitrogens with one attached hydrogen (secondary N) is 1. The van der Waals surface area contributed by atoms with Crippen LogP contribution in [0.5, 0.6) is 0 Å². The number of esters is 1. The number of hydrogen-bond donors (Lipinski definition) is 1. The summed E-state index contributed by atoms with van der Waals surface area (Å²) in [4.78, 5) is 48.5. The van der Waals surface area contributed by atoms with Gasteiger partial charge in [-0.2, -0.15) is 0 Å². The van der Waals surface area contributed by atoms with Crippen molar-refractivity contribution in [1.82, 2.24) is 0 Å². The molecular formula is C25H21NO5. The van der Waals surface area contributed by atoms with E-state index in [4.69, 9.17) is 4.74 Å². The van der Waals surface area contributed by atoms with Crippen molar-refractivity contribution in [2.45, 2.75) is 20.0 Å². The molecule has 0 heterocycles. The first-order valence-corrected chi connectivity index (χ1v) is 9.68. The number of ketones is 2. The van der Waals surface area contributed by atoms with Crippen molar-refractivity contribution in [1.29, 1.82) is 0 Å². The van der Waals surface area contributed by atoms with E-state index in [9.17, 15) is 19.2 Å². The predicted molar refractivity (Wildman–Crippen MR) is 116 cm³/mol. The molecule has 0 fully saturated rings. The van der Waals surface area contributed by atoms with Crippen LogP contribution >= 0.6 is 0 Å². The minimum absolute atomic E-state index is 0.147. The van der Waals surface area contributed by atoms with Crippen molar-refractivity contribution in [3.05, 3.63) is 101 Å². The van der Waals surface area contributed by atoms with E-state index in [1.165, 1.54) is 26.0 Å². The van der Waals surface area contributed by atoms with Crippen molar-refractivity contribution in [3.63, 3.8) is 0 Å². The molecule has 156 valence electrons. The molecule has 6 heteroatoms. The SMILES string of the molecule is CC(=O)Nc1ccc(C(=O)[C@H](C)OC(=O)c2ccc(C(=O)c3ccccc3)cc2)cc1. The van der Waals surface area contributed by atoms with Crippen molar-refractivity contribution >= 4 is 29.1 Å². The Labute approximate surface area is 179 Å². The van der Waals surface area contributed by atoms with Gasteiger partial charge in [0.05, 0.1) is 5.56 Å². The summed E-state index contributed by atoms with van der Waals surface area (Å²) in [6, 6.07) is 21.3. The fraction of sp³-hybridized carbons (Fsp3) is 0.120. The monoisotopic (exact) mass is 415 g/mol. The molecular weight excluding hydrogens is 394 g/mol. The number of carbonyl (C=O) groups is 4. The first-order valence-electron chi connectivity index (χ1n) is 9.68. The van der Waals surface area contributed by atoms with Crippen LogP contribution < -0.4 is 5.32 Å². The molecule has 1 amide bonds. The standard InChI is InChI=1S/C25H21NO5/c1-16(23(28)19-12-14-22(15-13-19)26-17(2)27)31-25(30)21-10-8-20(9-11-21)24(29)18-6-4-3-5-7-18/h3-16H,1-2H3,(H,26,27)/t16-/m0/s1. The maximum absolute atomic E-state index is 12.5. The fourth-order valence-corrected chi connectivity index (χ4v) is 2.95. The first-order chi connectivity index (χ1) is 14.8. The van der Waals surface area contributed by atoms with Crippen LogP contribution in [0.4, 0.5) is 5.69 Å². The van der Waals surface area contributed by atoms with E-state index < -0.39 is 12.1 Å². The third-order valence-electron chi connectivity index (χ3n) is 4.56. The average Bonchev–Trinajstić information content (AvgIpc) is 2.79. The van der Waals surface area contributed by atoms with Crippen LogP contribution in [-0.2, 0) is 9.53 Å². The number of rotatable bonds is 7. The van der Waals surface area contributed by atoms with Gasteiger partial charge in [0.25, 0.3) is 0 Å². The molecule has 0 aliphatic carbocycles. The van der Waals surface area contributed by atoms with Gasteiger partial charge in [-0.15, -0.1) is 0 Å². The van der Waals surface area contributed by atoms with Gasteiger partial charge >= 0.3 is 5.97 Å². The Morgan fingerprint density at radius 2 is 1.23 bits per heavy atom. The lowest BCUT2D eigenvalue weighted by atomic mass is 10.0. The van der Waals surface area contributed by atoms with E-state index in [-0.39, 0.29) is 23.0 Å². The Morgan fingerprint density at radius 3 is 1.81 bits per heavy atom. The smallest absolute Gasteiger partial charge is 0.338 e. The molecule has 6 nitrogen and oxygen atoms in total. The molecule has 0 bridgehead atoms. The first kappa shape index (κ1) is 21.6. The summed E-state index contributed by atoms with van der Waals surface area (Å²) in [5.74, 6) is -1.38. The van der Waals surface area contributed by atoms with Crippen LogP contribution in [-0.4, -0.2) is 29.5 Å². The minimum atomic E-state index is -0.996. The summed E-state index contributed by atoms with van der Waals surface area (Å²) in [7, 11) is 0. The van der Waals surface area contributed by atoms with E-state index >= 15 is 0 Å². The summed E-state index contributed by atoms with van der Waals surface area (Å²) < 4.78 is 5.29. The van der Waals surface area contributed by atoms with Gasteiger partial charge in [-0.1, -0.05) is 42.5 Å². The van der Waals surface area contributed by atoms with Gasteiger partial charge in [0.15, 0.2) is 11.9 Å². The maximum atomic E-state index is 12.5. The molecule has 0 saturated carbocycles. The molecule has 1 atom stereocenters. The highest BCUT2D eigenvalue weighted by Crippen LogP contribution is 2.15. The quantitative estimate of drug-likeness (QED) is 0.459. The highest BCUT2D eigenvalue weighted by atomic mass is 16.5. The van der Waals surface area contributed by atoms with Crippen molar-refractivity contribution in [2.24, 2.45) is 0 Å². The van der Waals surface area contributed by atoms with Crippen LogP contribution in [0.1, 0.15) is 50.5 Å². The zero-order chi connectivity index (χ0) is 22.4. The molecule has 3 aromatic carbocycles. The lowest BCUT2D eigenvalue weighted by molar-refractivity contribution is -0.114. The molecule has 3 aromatic rings. The molecule has 31 heavy (non-hydrogen) atoms. The van der Waals surface area contributed by atoms with Gasteiger partial charge in [-0.05, 0) is 43.3 Å². The molecule has 0 aromatic heterocycles. The molecule has 0 spiro atoms. The van der Waals surface area contributed by atoms with Gasteiger partial charge in [0.2, 0.25) is 11.7 Å². The minimum Gasteiger partial charge on any atom is -0.451 e. The molecule has 1 N–H and O–H groups in total. The Morgan fingerprint density at radius 1 is 0.710 bits per heavy atom. The maximum Gasteiger partial charge on any atom is 0.338 e. The second-order valence-electron chi connectivity index (χ2n) is 6.94. The predicted octanol–water partition coefficient (Wildman–Crippen LogP) is 4.30. The Hall–Kier alpha value is -4.06. The third-order valence-corrected chi connectivity index (χ3v) is 4.56. The summed E-state index contributed by atoms with van der Waals surface area (Å²) >= 11 is 0. The van der Waals surface area contributed by atoms with E-state index in [0.717, 1.165) is 0 Å². The van der Waals surface area contributed by atoms with Gasteiger partial charge in [0, 0.05) is 29.3 Å². The molecule has 3 rings (SSSR count). The number of hydrogen-bond acceptors (Lipinski definition) is 5. The lowest BCUT2D eigenvalue weighted by Gasteiger charge is -2.13. The van der Waals surface area contributed by atoms with Crippen LogP contribution in [0.3, 0.4) is 0 Å². The summed E-state index contributed by atoms with van der Waals surface area (Å²) in [5, 5.41) is 2.62. The topological polar surface area (TPSA) is 89.5 Å². The Bertz CT molecular complexity index is 1100. The van der Waals surface area contributed by atoms with Crippen LogP contribution in [0.15, 0.2) is 78.9 Å². The lowest BCUT2D eigenvalue weighted by Crippen LogP contribution is -2.24. The number of carbonyl (C=O) groups excluding carboxylic acids is 4. The van der Waals surface area contributed by atoms with Crippen LogP contribution in [0, 0.1) is 0 Å². The largest absolute Gasteiger partial charge is 0.451 e. The number of Topliss-reactive ketones (excluding diaryl/α,β-unsaturated/α-hetero) is 1. The van der Waals surface area contributed by atoms with Crippen molar-refractivity contribution in [3.8, 4) is 0 Å². The molecule has 0 unspecified atom stereocenters. The van der Waals surface area contributed by atoms with Crippen molar-refractivity contribution < 1.29 is 23.9 Å². The highest BCUT2D eigenvalue weighted by Gasteiger charge is 2.21. The molecule has 0 radical (unpaired) electrons. The zero-order valence-electron chi connectivity index (χ0n) is 17.1. The van der Waals surface area contributed by atoms with Gasteiger partial charge in [-0.3, -0.25) is 14.4 Å². The zero-order valence-corrected chi connectivity index (χ0v) is 17.1. The molecule has 0 aliphatic rings. The number of anilines is 1. The number of ether oxygens (including phenoxy) is 1. The number of benzene rings is 3. The Kier molecular flexibility index (Phi) is 6.72. The second kappa shape index (κ2) is 9.63. The van der Waals surface area contributed by atoms with Gasteiger partial charge < -0.3 is 10.1 Å². The average molecular weight is 415 g/mol. The van der Waals surface area contributed by atoms with Crippen molar-refractivity contribution in [2.75, 3.05) is 5.32 Å². The van der Waals surface area contributed by atoms with E-state index in [0.29, 0.717) is 22.4 Å².